The number of aromatic nitrogens is 2. The van der Waals surface area contributed by atoms with E-state index in [-0.39, 0.29) is 5.28 Å². The van der Waals surface area contributed by atoms with Crippen LogP contribution in [-0.2, 0) is 0 Å². The number of allylic oxidation sites excluding steroid dienone is 3. The van der Waals surface area contributed by atoms with E-state index >= 15 is 0 Å². The van der Waals surface area contributed by atoms with Crippen LogP contribution in [0.25, 0.3) is 0 Å². The van der Waals surface area contributed by atoms with Gasteiger partial charge in [-0.15, -0.1) is 0 Å². The molecule has 1 heterocycles. The zero-order valence-corrected chi connectivity index (χ0v) is 9.25. The molecule has 0 atom stereocenters. The highest BCUT2D eigenvalue weighted by Gasteiger charge is 2.02. The van der Waals surface area contributed by atoms with Gasteiger partial charge in [0.2, 0.25) is 5.28 Å². The van der Waals surface area contributed by atoms with E-state index in [4.69, 9.17) is 11.6 Å². The zero-order chi connectivity index (χ0) is 11.3. The molecule has 1 rings (SSSR count). The molecule has 0 spiro atoms. The molecule has 0 bridgehead atoms. The van der Waals surface area contributed by atoms with Crippen LogP contribution in [-0.4, -0.2) is 9.97 Å². The maximum atomic E-state index is 5.69. The smallest absolute Gasteiger partial charge is 0.224 e. The highest BCUT2D eigenvalue weighted by Crippen LogP contribution is 2.14. The first-order valence-electron chi connectivity index (χ1n) is 4.38. The Balaban J connectivity index is 2.97. The van der Waals surface area contributed by atoms with Crippen LogP contribution >= 0.6 is 11.6 Å². The monoisotopic (exact) mass is 221 g/mol. The molecule has 0 aliphatic heterocycles. The Hall–Kier alpha value is -1.61. The van der Waals surface area contributed by atoms with Gasteiger partial charge in [-0.2, -0.15) is 0 Å². The summed E-state index contributed by atoms with van der Waals surface area (Å²) in [6.07, 6.45) is 6.80. The van der Waals surface area contributed by atoms with E-state index in [2.05, 4.69) is 28.4 Å². The van der Waals surface area contributed by atoms with Crippen molar-refractivity contribution in [2.75, 3.05) is 5.32 Å². The Bertz CT molecular complexity index is 410. The molecule has 0 amide bonds. The minimum absolute atomic E-state index is 0.213. The van der Waals surface area contributed by atoms with Gasteiger partial charge in [-0.1, -0.05) is 19.2 Å². The lowest BCUT2D eigenvalue weighted by molar-refractivity contribution is 1.12. The van der Waals surface area contributed by atoms with Crippen molar-refractivity contribution in [3.05, 3.63) is 54.1 Å². The minimum Gasteiger partial charge on any atom is -0.340 e. The van der Waals surface area contributed by atoms with E-state index in [1.165, 1.54) is 0 Å². The predicted octanol–water partition coefficient (Wildman–Crippen LogP) is 3.11. The maximum absolute atomic E-state index is 5.69. The van der Waals surface area contributed by atoms with Gasteiger partial charge in [0.25, 0.3) is 0 Å². The van der Waals surface area contributed by atoms with Crippen molar-refractivity contribution in [3.63, 3.8) is 0 Å². The van der Waals surface area contributed by atoms with Crippen LogP contribution in [0.2, 0.25) is 5.28 Å². The van der Waals surface area contributed by atoms with Gasteiger partial charge in [0.15, 0.2) is 0 Å². The SMILES string of the molecule is C=C/C=C(\C=C)Nc1nc(Cl)ncc1C. The van der Waals surface area contributed by atoms with Crippen LogP contribution in [0.3, 0.4) is 0 Å². The fraction of sp³-hybridized carbons (Fsp3) is 0.0909. The van der Waals surface area contributed by atoms with Gasteiger partial charge in [-0.3, -0.25) is 0 Å². The number of hydrogen-bond acceptors (Lipinski definition) is 3. The molecule has 1 N–H and O–H groups in total. The molecule has 1 aromatic rings. The largest absolute Gasteiger partial charge is 0.340 e. The Morgan fingerprint density at radius 2 is 2.27 bits per heavy atom. The molecule has 0 fully saturated rings. The lowest BCUT2D eigenvalue weighted by Crippen LogP contribution is -2.02. The van der Waals surface area contributed by atoms with Gasteiger partial charge >= 0.3 is 0 Å². The molecule has 0 saturated heterocycles. The molecular formula is C11H12ClN3. The first-order chi connectivity index (χ1) is 7.17. The average molecular weight is 222 g/mol. The van der Waals surface area contributed by atoms with Gasteiger partial charge in [0.1, 0.15) is 5.82 Å². The third-order valence-electron chi connectivity index (χ3n) is 1.72. The maximum Gasteiger partial charge on any atom is 0.224 e. The minimum atomic E-state index is 0.213. The molecular weight excluding hydrogens is 210 g/mol. The number of aryl methyl sites for hydroxylation is 1. The van der Waals surface area contributed by atoms with Crippen molar-refractivity contribution < 1.29 is 0 Å². The molecule has 1 aromatic heterocycles. The first kappa shape index (κ1) is 11.5. The van der Waals surface area contributed by atoms with Gasteiger partial charge in [-0.25, -0.2) is 9.97 Å². The Morgan fingerprint density at radius 1 is 1.53 bits per heavy atom. The van der Waals surface area contributed by atoms with E-state index in [9.17, 15) is 0 Å². The van der Waals surface area contributed by atoms with Gasteiger partial charge in [0, 0.05) is 17.5 Å². The van der Waals surface area contributed by atoms with Crippen molar-refractivity contribution in [1.29, 1.82) is 0 Å². The van der Waals surface area contributed by atoms with Gasteiger partial charge in [-0.05, 0) is 30.7 Å². The predicted molar refractivity (Wildman–Crippen MR) is 63.9 cm³/mol. The summed E-state index contributed by atoms with van der Waals surface area (Å²) in [5.74, 6) is 0.669. The summed E-state index contributed by atoms with van der Waals surface area (Å²) < 4.78 is 0. The van der Waals surface area contributed by atoms with Crippen molar-refractivity contribution in [1.82, 2.24) is 9.97 Å². The Morgan fingerprint density at radius 3 is 2.87 bits per heavy atom. The molecule has 15 heavy (non-hydrogen) atoms. The highest BCUT2D eigenvalue weighted by atomic mass is 35.5. The molecule has 0 aliphatic rings. The quantitative estimate of drug-likeness (QED) is 0.627. The van der Waals surface area contributed by atoms with Crippen LogP contribution < -0.4 is 5.32 Å². The molecule has 78 valence electrons. The molecule has 0 saturated carbocycles. The molecule has 0 unspecified atom stereocenters. The zero-order valence-electron chi connectivity index (χ0n) is 8.50. The molecule has 0 aromatic carbocycles. The van der Waals surface area contributed by atoms with Crippen molar-refractivity contribution in [3.8, 4) is 0 Å². The molecule has 0 aliphatic carbocycles. The summed E-state index contributed by atoms with van der Waals surface area (Å²) in [6.45, 7) is 9.18. The third kappa shape index (κ3) is 3.22. The standard InChI is InChI=1S/C11H12ClN3/c1-4-6-9(5-2)14-10-8(3)7-13-11(12)15-10/h4-7H,1-2H2,3H3,(H,13,14,15)/b9-6+. The number of nitrogens with zero attached hydrogens (tertiary/aromatic N) is 2. The lowest BCUT2D eigenvalue weighted by Gasteiger charge is -2.08. The number of rotatable bonds is 4. The lowest BCUT2D eigenvalue weighted by atomic mass is 10.3. The summed E-state index contributed by atoms with van der Waals surface area (Å²) >= 11 is 5.69. The van der Waals surface area contributed by atoms with Crippen LogP contribution in [0, 0.1) is 6.92 Å². The summed E-state index contributed by atoms with van der Waals surface area (Å²) in [4.78, 5) is 7.93. The summed E-state index contributed by atoms with van der Waals surface area (Å²) in [5, 5.41) is 3.29. The van der Waals surface area contributed by atoms with Crippen LogP contribution in [0.5, 0.6) is 0 Å². The van der Waals surface area contributed by atoms with Crippen molar-refractivity contribution in [2.24, 2.45) is 0 Å². The van der Waals surface area contributed by atoms with E-state index in [0.29, 0.717) is 5.82 Å². The first-order valence-corrected chi connectivity index (χ1v) is 4.76. The molecule has 0 radical (unpaired) electrons. The summed E-state index contributed by atoms with van der Waals surface area (Å²) in [7, 11) is 0. The highest BCUT2D eigenvalue weighted by molar-refractivity contribution is 6.28. The fourth-order valence-electron chi connectivity index (χ4n) is 0.971. The number of hydrogen-bond donors (Lipinski definition) is 1. The van der Waals surface area contributed by atoms with E-state index in [0.717, 1.165) is 11.3 Å². The second-order valence-corrected chi connectivity index (χ2v) is 3.20. The van der Waals surface area contributed by atoms with E-state index in [1.54, 1.807) is 24.4 Å². The number of nitrogens with one attached hydrogen (secondary N) is 1. The van der Waals surface area contributed by atoms with E-state index < -0.39 is 0 Å². The normalized spacial score (nSPS) is 10.9. The second-order valence-electron chi connectivity index (χ2n) is 2.86. The Labute approximate surface area is 94.2 Å². The fourth-order valence-corrected chi connectivity index (χ4v) is 1.10. The average Bonchev–Trinajstić information content (AvgIpc) is 2.22. The van der Waals surface area contributed by atoms with Crippen molar-refractivity contribution >= 4 is 17.4 Å². The third-order valence-corrected chi connectivity index (χ3v) is 1.90. The number of halogens is 1. The van der Waals surface area contributed by atoms with Gasteiger partial charge in [0.05, 0.1) is 0 Å². The molecule has 4 heteroatoms. The second kappa shape index (κ2) is 5.32. The van der Waals surface area contributed by atoms with Crippen LogP contribution in [0.15, 0.2) is 43.3 Å². The summed E-state index contributed by atoms with van der Waals surface area (Å²) in [5.41, 5.74) is 1.72. The molecule has 3 nitrogen and oxygen atoms in total. The topological polar surface area (TPSA) is 37.8 Å². The van der Waals surface area contributed by atoms with Crippen LogP contribution in [0.4, 0.5) is 5.82 Å². The number of anilines is 1. The van der Waals surface area contributed by atoms with Crippen LogP contribution in [0.1, 0.15) is 5.56 Å². The Kier molecular flexibility index (Phi) is 4.06. The summed E-state index contributed by atoms with van der Waals surface area (Å²) in [6, 6.07) is 0. The van der Waals surface area contributed by atoms with Gasteiger partial charge < -0.3 is 5.32 Å². The van der Waals surface area contributed by atoms with E-state index in [1.807, 2.05) is 6.92 Å². The van der Waals surface area contributed by atoms with Crippen molar-refractivity contribution in [2.45, 2.75) is 6.92 Å².